The van der Waals surface area contributed by atoms with E-state index in [1.165, 1.54) is 36.7 Å². The lowest BCUT2D eigenvalue weighted by molar-refractivity contribution is -0.119. The molecule has 0 spiro atoms. The molecule has 9 heteroatoms. The minimum Gasteiger partial charge on any atom is -0.350 e. The molecule has 6 nitrogen and oxygen atoms in total. The Hall–Kier alpha value is -2.97. The molecule has 0 aliphatic rings. The molecule has 0 saturated heterocycles. The molecule has 1 amide bonds. The van der Waals surface area contributed by atoms with Gasteiger partial charge in [-0.25, -0.2) is 12.8 Å². The first-order valence-electron chi connectivity index (χ1n) is 8.56. The van der Waals surface area contributed by atoms with E-state index in [9.17, 15) is 17.6 Å². The van der Waals surface area contributed by atoms with Gasteiger partial charge in [0.05, 0.1) is 5.69 Å². The third kappa shape index (κ3) is 5.10. The summed E-state index contributed by atoms with van der Waals surface area (Å²) in [4.78, 5) is 16.3. The molecule has 0 aliphatic carbocycles. The van der Waals surface area contributed by atoms with E-state index in [-0.39, 0.29) is 17.1 Å². The number of rotatable bonds is 7. The Morgan fingerprint density at radius 1 is 1.07 bits per heavy atom. The number of anilines is 1. The Bertz CT molecular complexity index is 1090. The van der Waals surface area contributed by atoms with Crippen LogP contribution in [0.1, 0.15) is 5.56 Å². The molecule has 1 heterocycles. The van der Waals surface area contributed by atoms with Crippen LogP contribution in [0.15, 0.2) is 78.0 Å². The topological polar surface area (TPSA) is 79.4 Å². The fraction of sp³-hybridized carbons (Fsp3) is 0.100. The lowest BCUT2D eigenvalue weighted by atomic mass is 10.2. The van der Waals surface area contributed by atoms with Gasteiger partial charge in [0.25, 0.3) is 10.0 Å². The van der Waals surface area contributed by atoms with Crippen LogP contribution in [0.2, 0.25) is 5.02 Å². The number of hydrogen-bond donors (Lipinski definition) is 1. The fourth-order valence-electron chi connectivity index (χ4n) is 2.57. The number of nitrogens with zero attached hydrogens (tertiary/aromatic N) is 2. The second-order valence-electron chi connectivity index (χ2n) is 6.04. The van der Waals surface area contributed by atoms with E-state index < -0.39 is 28.3 Å². The van der Waals surface area contributed by atoms with Crippen LogP contribution >= 0.6 is 11.6 Å². The van der Waals surface area contributed by atoms with Crippen LogP contribution in [0.3, 0.4) is 0 Å². The van der Waals surface area contributed by atoms with Crippen molar-refractivity contribution in [1.82, 2.24) is 10.3 Å². The number of sulfonamides is 1. The third-order valence-corrected chi connectivity index (χ3v) is 6.18. The first-order valence-corrected chi connectivity index (χ1v) is 10.4. The van der Waals surface area contributed by atoms with Crippen LogP contribution in [0, 0.1) is 5.82 Å². The summed E-state index contributed by atoms with van der Waals surface area (Å²) in [6.45, 7) is -0.351. The summed E-state index contributed by atoms with van der Waals surface area (Å²) in [5.74, 6) is -1.06. The predicted molar refractivity (Wildman–Crippen MR) is 108 cm³/mol. The van der Waals surface area contributed by atoms with Crippen LogP contribution in [0.25, 0.3) is 0 Å². The van der Waals surface area contributed by atoms with Crippen molar-refractivity contribution in [3.8, 4) is 0 Å². The zero-order chi connectivity index (χ0) is 20.9. The van der Waals surface area contributed by atoms with Crippen molar-refractivity contribution in [3.63, 3.8) is 0 Å². The van der Waals surface area contributed by atoms with Crippen molar-refractivity contribution >= 4 is 33.2 Å². The van der Waals surface area contributed by atoms with Crippen LogP contribution in [-0.4, -0.2) is 25.9 Å². The fourth-order valence-corrected chi connectivity index (χ4v) is 4.16. The van der Waals surface area contributed by atoms with Crippen LogP contribution in [-0.2, 0) is 21.4 Å². The Kier molecular flexibility index (Phi) is 6.46. The molecule has 150 valence electrons. The van der Waals surface area contributed by atoms with Crippen LogP contribution in [0.4, 0.5) is 10.1 Å². The van der Waals surface area contributed by atoms with Gasteiger partial charge in [-0.05, 0) is 48.0 Å². The lowest BCUT2D eigenvalue weighted by Gasteiger charge is -2.24. The molecule has 3 aromatic rings. The number of amides is 1. The highest BCUT2D eigenvalue weighted by atomic mass is 35.5. The number of aromatic nitrogens is 1. The molecule has 1 aromatic heterocycles. The second-order valence-corrected chi connectivity index (χ2v) is 8.31. The summed E-state index contributed by atoms with van der Waals surface area (Å²) in [5, 5.41) is 3.15. The zero-order valence-corrected chi connectivity index (χ0v) is 16.7. The maximum Gasteiger partial charge on any atom is 0.266 e. The molecular formula is C20H17ClFN3O3S. The largest absolute Gasteiger partial charge is 0.350 e. The molecule has 0 unspecified atom stereocenters. The van der Waals surface area contributed by atoms with Gasteiger partial charge in [0.15, 0.2) is 0 Å². The average Bonchev–Trinajstić information content (AvgIpc) is 2.73. The average molecular weight is 434 g/mol. The van der Waals surface area contributed by atoms with Crippen molar-refractivity contribution in [3.05, 3.63) is 89.5 Å². The van der Waals surface area contributed by atoms with E-state index in [1.54, 1.807) is 24.3 Å². The molecule has 29 heavy (non-hydrogen) atoms. The number of pyridine rings is 1. The zero-order valence-electron chi connectivity index (χ0n) is 15.1. The number of hydrogen-bond acceptors (Lipinski definition) is 4. The van der Waals surface area contributed by atoms with Crippen LogP contribution < -0.4 is 9.62 Å². The highest BCUT2D eigenvalue weighted by molar-refractivity contribution is 7.92. The van der Waals surface area contributed by atoms with Gasteiger partial charge in [-0.1, -0.05) is 29.8 Å². The van der Waals surface area contributed by atoms with Crippen molar-refractivity contribution in [2.24, 2.45) is 0 Å². The maximum atomic E-state index is 13.3. The molecule has 0 aliphatic heterocycles. The summed E-state index contributed by atoms with van der Waals surface area (Å²) in [6.07, 6.45) is 2.63. The SMILES string of the molecule is O=C(CN(c1ccc(F)cc1)S(=O)(=O)c1cccnc1)NCc1ccccc1Cl. The second kappa shape index (κ2) is 9.02. The lowest BCUT2D eigenvalue weighted by Crippen LogP contribution is -2.40. The normalized spacial score (nSPS) is 11.1. The van der Waals surface area contributed by atoms with Gasteiger partial charge < -0.3 is 5.32 Å². The Labute approximate surface area is 173 Å². The predicted octanol–water partition coefficient (Wildman–Crippen LogP) is 3.39. The summed E-state index contributed by atoms with van der Waals surface area (Å²) in [6, 6.07) is 14.7. The Balaban J connectivity index is 1.84. The minimum atomic E-state index is -4.09. The number of nitrogens with one attached hydrogen (secondary N) is 1. The highest BCUT2D eigenvalue weighted by Gasteiger charge is 2.27. The maximum absolute atomic E-state index is 13.3. The van der Waals surface area contributed by atoms with Gasteiger partial charge in [-0.2, -0.15) is 0 Å². The van der Waals surface area contributed by atoms with Gasteiger partial charge in [-0.3, -0.25) is 14.1 Å². The van der Waals surface area contributed by atoms with Gasteiger partial charge in [0.2, 0.25) is 5.91 Å². The quantitative estimate of drug-likeness (QED) is 0.619. The molecule has 0 saturated carbocycles. The molecule has 0 fully saturated rings. The monoisotopic (exact) mass is 433 g/mol. The smallest absolute Gasteiger partial charge is 0.266 e. The number of benzene rings is 2. The first kappa shape index (κ1) is 20.8. The van der Waals surface area contributed by atoms with Crippen molar-refractivity contribution in [1.29, 1.82) is 0 Å². The summed E-state index contributed by atoms with van der Waals surface area (Å²) in [7, 11) is -4.09. The van der Waals surface area contributed by atoms with Crippen molar-refractivity contribution in [2.45, 2.75) is 11.4 Å². The molecular weight excluding hydrogens is 417 g/mol. The third-order valence-electron chi connectivity index (χ3n) is 4.06. The highest BCUT2D eigenvalue weighted by Crippen LogP contribution is 2.23. The molecule has 2 aromatic carbocycles. The number of halogens is 2. The van der Waals surface area contributed by atoms with Gasteiger partial charge in [0.1, 0.15) is 17.3 Å². The van der Waals surface area contributed by atoms with Crippen LogP contribution in [0.5, 0.6) is 0 Å². The molecule has 3 rings (SSSR count). The molecule has 0 radical (unpaired) electrons. The van der Waals surface area contributed by atoms with Crippen molar-refractivity contribution < 1.29 is 17.6 Å². The van der Waals surface area contributed by atoms with E-state index in [2.05, 4.69) is 10.3 Å². The van der Waals surface area contributed by atoms with E-state index in [1.807, 2.05) is 0 Å². The summed E-state index contributed by atoms with van der Waals surface area (Å²) >= 11 is 6.08. The Morgan fingerprint density at radius 2 is 1.79 bits per heavy atom. The van der Waals surface area contributed by atoms with E-state index in [0.717, 1.165) is 16.4 Å². The van der Waals surface area contributed by atoms with Gasteiger partial charge in [0, 0.05) is 24.0 Å². The summed E-state index contributed by atoms with van der Waals surface area (Å²) < 4.78 is 40.4. The van der Waals surface area contributed by atoms with Gasteiger partial charge in [-0.15, -0.1) is 0 Å². The van der Waals surface area contributed by atoms with Gasteiger partial charge >= 0.3 is 0 Å². The van der Waals surface area contributed by atoms with E-state index in [4.69, 9.17) is 11.6 Å². The standard InChI is InChI=1S/C20H17ClFN3O3S/c21-19-6-2-1-4-15(19)12-24-20(26)14-25(17-9-7-16(22)8-10-17)29(27,28)18-5-3-11-23-13-18/h1-11,13H,12,14H2,(H,24,26). The van der Waals surface area contributed by atoms with Crippen molar-refractivity contribution in [2.75, 3.05) is 10.8 Å². The minimum absolute atomic E-state index is 0.0803. The summed E-state index contributed by atoms with van der Waals surface area (Å²) in [5.41, 5.74) is 0.856. The number of carbonyl (C=O) groups is 1. The molecule has 0 atom stereocenters. The first-order chi connectivity index (χ1) is 13.9. The number of carbonyl (C=O) groups excluding carboxylic acids is 1. The van der Waals surface area contributed by atoms with E-state index in [0.29, 0.717) is 10.6 Å². The molecule has 1 N–H and O–H groups in total. The van der Waals surface area contributed by atoms with E-state index >= 15 is 0 Å². The Morgan fingerprint density at radius 3 is 2.45 bits per heavy atom. The molecule has 0 bridgehead atoms.